The molecule has 3 rings (SSSR count). The summed E-state index contributed by atoms with van der Waals surface area (Å²) in [5.41, 5.74) is 2.21. The van der Waals surface area contributed by atoms with Gasteiger partial charge in [0.25, 0.3) is 5.91 Å². The second-order valence-electron chi connectivity index (χ2n) is 7.52. The minimum atomic E-state index is -0.605. The molecule has 1 aliphatic heterocycles. The van der Waals surface area contributed by atoms with Gasteiger partial charge in [0, 0.05) is 19.1 Å². The van der Waals surface area contributed by atoms with Gasteiger partial charge in [0.2, 0.25) is 5.91 Å². The van der Waals surface area contributed by atoms with Crippen LogP contribution in [0, 0.1) is 5.82 Å². The van der Waals surface area contributed by atoms with Crippen molar-refractivity contribution >= 4 is 11.8 Å². The maximum absolute atomic E-state index is 13.6. The molecule has 2 aromatic rings. The Hall–Kier alpha value is -2.73. The average Bonchev–Trinajstić information content (AvgIpc) is 2.73. The Labute approximate surface area is 171 Å². The third kappa shape index (κ3) is 5.87. The number of hydrogen-bond donors (Lipinski definition) is 2. The largest absolute Gasteiger partial charge is 0.350 e. The van der Waals surface area contributed by atoms with Crippen LogP contribution >= 0.6 is 0 Å². The van der Waals surface area contributed by atoms with Crippen molar-refractivity contribution in [2.75, 3.05) is 13.1 Å². The van der Waals surface area contributed by atoms with Crippen molar-refractivity contribution in [1.82, 2.24) is 15.5 Å². The number of amides is 2. The fourth-order valence-electron chi connectivity index (χ4n) is 3.65. The van der Waals surface area contributed by atoms with Gasteiger partial charge in [-0.3, -0.25) is 14.5 Å². The van der Waals surface area contributed by atoms with Gasteiger partial charge in [-0.2, -0.15) is 0 Å². The fourth-order valence-corrected chi connectivity index (χ4v) is 3.65. The molecule has 0 unspecified atom stereocenters. The summed E-state index contributed by atoms with van der Waals surface area (Å²) in [4.78, 5) is 26.7. The third-order valence-electron chi connectivity index (χ3n) is 5.44. The summed E-state index contributed by atoms with van der Waals surface area (Å²) in [5, 5.41) is 5.31. The van der Waals surface area contributed by atoms with Crippen molar-refractivity contribution in [3.05, 3.63) is 71.0 Å². The minimum Gasteiger partial charge on any atom is -0.350 e. The summed E-state index contributed by atoms with van der Waals surface area (Å²) in [5.74, 6) is -1.51. The van der Waals surface area contributed by atoms with E-state index in [1.807, 2.05) is 18.2 Å². The van der Waals surface area contributed by atoms with E-state index >= 15 is 0 Å². The number of nitrogens with one attached hydrogen (secondary N) is 2. The van der Waals surface area contributed by atoms with Crippen LogP contribution in [0.2, 0.25) is 0 Å². The van der Waals surface area contributed by atoms with Crippen LogP contribution in [0.15, 0.2) is 48.5 Å². The van der Waals surface area contributed by atoms with E-state index < -0.39 is 11.7 Å². The molecular weight excluding hydrogens is 369 g/mol. The lowest BCUT2D eigenvalue weighted by atomic mass is 10.0. The molecule has 0 aromatic heterocycles. The van der Waals surface area contributed by atoms with Gasteiger partial charge in [-0.1, -0.05) is 42.8 Å². The standard InChI is InChI=1S/C23H28FN3O2/c1-17-8-6-7-13-27(17)16-19-10-3-2-9-18(19)14-25-22(28)15-26-23(29)20-11-4-5-12-21(20)24/h2-5,9-12,17H,6-8,13-16H2,1H3,(H,25,28)(H,26,29)/t17-/m1/s1. The Bertz CT molecular complexity index is 856. The molecule has 1 atom stereocenters. The number of benzene rings is 2. The van der Waals surface area contributed by atoms with Crippen molar-refractivity contribution in [2.45, 2.75) is 45.3 Å². The van der Waals surface area contributed by atoms with Crippen molar-refractivity contribution in [3.8, 4) is 0 Å². The molecule has 1 fully saturated rings. The highest BCUT2D eigenvalue weighted by molar-refractivity contribution is 5.96. The smallest absolute Gasteiger partial charge is 0.254 e. The zero-order chi connectivity index (χ0) is 20.6. The maximum atomic E-state index is 13.6. The zero-order valence-electron chi connectivity index (χ0n) is 16.8. The predicted molar refractivity (Wildman–Crippen MR) is 111 cm³/mol. The number of piperidine rings is 1. The van der Waals surface area contributed by atoms with Gasteiger partial charge in [-0.25, -0.2) is 4.39 Å². The van der Waals surface area contributed by atoms with Gasteiger partial charge in [0.1, 0.15) is 5.82 Å². The highest BCUT2D eigenvalue weighted by Crippen LogP contribution is 2.20. The molecule has 2 N–H and O–H groups in total. The van der Waals surface area contributed by atoms with Crippen LogP contribution in [0.1, 0.15) is 47.7 Å². The molecule has 5 nitrogen and oxygen atoms in total. The van der Waals surface area contributed by atoms with Gasteiger partial charge >= 0.3 is 0 Å². The first-order valence-corrected chi connectivity index (χ1v) is 10.1. The van der Waals surface area contributed by atoms with Crippen LogP contribution in [0.5, 0.6) is 0 Å². The molecule has 29 heavy (non-hydrogen) atoms. The van der Waals surface area contributed by atoms with Crippen molar-refractivity contribution in [3.63, 3.8) is 0 Å². The van der Waals surface area contributed by atoms with E-state index in [1.54, 1.807) is 6.07 Å². The molecule has 0 spiro atoms. The summed E-state index contributed by atoms with van der Waals surface area (Å²) in [6.07, 6.45) is 3.74. The Balaban J connectivity index is 1.51. The summed E-state index contributed by atoms with van der Waals surface area (Å²) in [7, 11) is 0. The monoisotopic (exact) mass is 397 g/mol. The Morgan fingerprint density at radius 3 is 2.52 bits per heavy atom. The summed E-state index contributed by atoms with van der Waals surface area (Å²) in [6.45, 7) is 4.44. The first-order chi connectivity index (χ1) is 14.0. The number of hydrogen-bond acceptors (Lipinski definition) is 3. The third-order valence-corrected chi connectivity index (χ3v) is 5.44. The lowest BCUT2D eigenvalue weighted by molar-refractivity contribution is -0.120. The number of halogens is 1. The lowest BCUT2D eigenvalue weighted by Crippen LogP contribution is -2.38. The van der Waals surface area contributed by atoms with Crippen LogP contribution in [0.4, 0.5) is 4.39 Å². The maximum Gasteiger partial charge on any atom is 0.254 e. The summed E-state index contributed by atoms with van der Waals surface area (Å²) in [6, 6.07) is 14.4. The quantitative estimate of drug-likeness (QED) is 0.754. The van der Waals surface area contributed by atoms with Gasteiger partial charge in [0.05, 0.1) is 12.1 Å². The van der Waals surface area contributed by atoms with E-state index in [9.17, 15) is 14.0 Å². The molecule has 1 aliphatic rings. The lowest BCUT2D eigenvalue weighted by Gasteiger charge is -2.33. The highest BCUT2D eigenvalue weighted by atomic mass is 19.1. The molecule has 2 aromatic carbocycles. The fraction of sp³-hybridized carbons (Fsp3) is 0.391. The molecule has 2 amide bonds. The van der Waals surface area contributed by atoms with E-state index in [4.69, 9.17) is 0 Å². The highest BCUT2D eigenvalue weighted by Gasteiger charge is 2.19. The topological polar surface area (TPSA) is 61.4 Å². The van der Waals surface area contributed by atoms with E-state index in [0.29, 0.717) is 12.6 Å². The molecular formula is C23H28FN3O2. The van der Waals surface area contributed by atoms with Crippen LogP contribution in [-0.2, 0) is 17.9 Å². The van der Waals surface area contributed by atoms with Crippen LogP contribution in [-0.4, -0.2) is 35.8 Å². The van der Waals surface area contributed by atoms with E-state index in [2.05, 4.69) is 28.5 Å². The average molecular weight is 397 g/mol. The molecule has 0 aliphatic carbocycles. The normalized spacial score (nSPS) is 17.0. The van der Waals surface area contributed by atoms with Crippen LogP contribution in [0.25, 0.3) is 0 Å². The second-order valence-corrected chi connectivity index (χ2v) is 7.52. The predicted octanol–water partition coefficient (Wildman–Crippen LogP) is 3.25. The molecule has 1 heterocycles. The van der Waals surface area contributed by atoms with E-state index in [-0.39, 0.29) is 18.0 Å². The Morgan fingerprint density at radius 2 is 1.76 bits per heavy atom. The van der Waals surface area contributed by atoms with Gasteiger partial charge in [-0.05, 0) is 49.6 Å². The Morgan fingerprint density at radius 1 is 1.03 bits per heavy atom. The minimum absolute atomic E-state index is 0.0682. The molecule has 0 bridgehead atoms. The summed E-state index contributed by atoms with van der Waals surface area (Å²) < 4.78 is 13.6. The van der Waals surface area contributed by atoms with Crippen molar-refractivity contribution in [1.29, 1.82) is 0 Å². The number of likely N-dealkylation sites (tertiary alicyclic amines) is 1. The number of rotatable bonds is 7. The van der Waals surface area contributed by atoms with Gasteiger partial charge in [-0.15, -0.1) is 0 Å². The second kappa shape index (κ2) is 10.2. The summed E-state index contributed by atoms with van der Waals surface area (Å²) >= 11 is 0. The first-order valence-electron chi connectivity index (χ1n) is 10.1. The molecule has 1 saturated heterocycles. The number of carbonyl (C=O) groups excluding carboxylic acids is 2. The van der Waals surface area contributed by atoms with E-state index in [0.717, 1.165) is 18.7 Å². The molecule has 0 saturated carbocycles. The zero-order valence-corrected chi connectivity index (χ0v) is 16.8. The number of carbonyl (C=O) groups is 2. The van der Waals surface area contributed by atoms with Gasteiger partial charge < -0.3 is 10.6 Å². The van der Waals surface area contributed by atoms with Crippen LogP contribution in [0.3, 0.4) is 0 Å². The number of nitrogens with zero attached hydrogens (tertiary/aromatic N) is 1. The Kier molecular flexibility index (Phi) is 7.36. The van der Waals surface area contributed by atoms with E-state index in [1.165, 1.54) is 43.0 Å². The van der Waals surface area contributed by atoms with Crippen molar-refractivity contribution in [2.24, 2.45) is 0 Å². The van der Waals surface area contributed by atoms with Crippen molar-refractivity contribution < 1.29 is 14.0 Å². The van der Waals surface area contributed by atoms with Gasteiger partial charge in [0.15, 0.2) is 0 Å². The SMILES string of the molecule is C[C@@H]1CCCCN1Cc1ccccc1CNC(=O)CNC(=O)c1ccccc1F. The van der Waals surface area contributed by atoms with Crippen LogP contribution < -0.4 is 10.6 Å². The first kappa shape index (κ1) is 21.0. The molecule has 154 valence electrons. The molecule has 6 heteroatoms. The molecule has 0 radical (unpaired) electrons.